The second kappa shape index (κ2) is 8.91. The number of aromatic nitrogens is 1. The number of thiazole rings is 1. The summed E-state index contributed by atoms with van der Waals surface area (Å²) in [6.07, 6.45) is 3.80. The minimum Gasteiger partial charge on any atom is -0.476 e. The van der Waals surface area contributed by atoms with Gasteiger partial charge in [-0.25, -0.2) is 14.6 Å². The van der Waals surface area contributed by atoms with E-state index in [1.807, 2.05) is 25.1 Å². The molecule has 3 N–H and O–H groups in total. The number of carbonyl (C=O) groups is 3. The first-order valence-electron chi connectivity index (χ1n) is 9.09. The molecule has 1 aliphatic rings. The molecule has 0 bridgehead atoms. The van der Waals surface area contributed by atoms with Gasteiger partial charge in [0.2, 0.25) is 0 Å². The van der Waals surface area contributed by atoms with Gasteiger partial charge in [0.15, 0.2) is 16.6 Å². The summed E-state index contributed by atoms with van der Waals surface area (Å²) in [5, 5.41) is 14.4. The number of ketones is 1. The summed E-state index contributed by atoms with van der Waals surface area (Å²) in [5.41, 5.74) is 1.59. The lowest BCUT2D eigenvalue weighted by Gasteiger charge is -2.18. The molecule has 0 saturated heterocycles. The van der Waals surface area contributed by atoms with Crippen molar-refractivity contribution in [1.29, 1.82) is 0 Å². The molecule has 1 heterocycles. The van der Waals surface area contributed by atoms with Gasteiger partial charge in [0.25, 0.3) is 0 Å². The standard InChI is InChI=1S/C19H21BrN4O4S/c1-24(2)11-7-8-13(12(9-11)15(25)10-5-3-4-6-10)21-18(28)23-19-22-14(17(26)27)16(20)29-19/h7-10H,3-6H2,1-2H3,(H,26,27)(H2,21,22,23,28). The summed E-state index contributed by atoms with van der Waals surface area (Å²) in [6, 6.07) is 4.72. The molecule has 2 amide bonds. The summed E-state index contributed by atoms with van der Waals surface area (Å²) in [5.74, 6) is -1.18. The Labute approximate surface area is 180 Å². The lowest BCUT2D eigenvalue weighted by molar-refractivity contribution is 0.0690. The predicted molar refractivity (Wildman–Crippen MR) is 116 cm³/mol. The number of hydrogen-bond acceptors (Lipinski definition) is 6. The molecule has 0 aliphatic heterocycles. The predicted octanol–water partition coefficient (Wildman–Crippen LogP) is 4.69. The molecule has 1 fully saturated rings. The maximum atomic E-state index is 13.0. The van der Waals surface area contributed by atoms with Crippen LogP contribution in [-0.4, -0.2) is 42.0 Å². The van der Waals surface area contributed by atoms with E-state index in [1.54, 1.807) is 12.1 Å². The molecule has 0 spiro atoms. The van der Waals surface area contributed by atoms with Crippen LogP contribution in [0.25, 0.3) is 0 Å². The smallest absolute Gasteiger partial charge is 0.356 e. The topological polar surface area (TPSA) is 112 Å². The van der Waals surface area contributed by atoms with Gasteiger partial charge in [0, 0.05) is 31.3 Å². The maximum absolute atomic E-state index is 13.0. The number of rotatable bonds is 6. The summed E-state index contributed by atoms with van der Waals surface area (Å²) < 4.78 is 0.313. The van der Waals surface area contributed by atoms with Crippen LogP contribution >= 0.6 is 27.3 Å². The molecule has 1 aromatic heterocycles. The molecule has 1 aromatic carbocycles. The van der Waals surface area contributed by atoms with Crippen LogP contribution in [0.15, 0.2) is 22.0 Å². The van der Waals surface area contributed by atoms with Crippen molar-refractivity contribution in [2.24, 2.45) is 5.92 Å². The number of nitrogens with zero attached hydrogens (tertiary/aromatic N) is 2. The van der Waals surface area contributed by atoms with Gasteiger partial charge in [-0.2, -0.15) is 0 Å². The van der Waals surface area contributed by atoms with Gasteiger partial charge < -0.3 is 15.3 Å². The minimum absolute atomic E-state index is 0.0240. The SMILES string of the molecule is CN(C)c1ccc(NC(=O)Nc2nc(C(=O)O)c(Br)s2)c(C(=O)C2CCCC2)c1. The number of carboxylic acids is 1. The van der Waals surface area contributed by atoms with E-state index in [4.69, 9.17) is 5.11 Å². The highest BCUT2D eigenvalue weighted by molar-refractivity contribution is 9.11. The van der Waals surface area contributed by atoms with E-state index in [1.165, 1.54) is 0 Å². The van der Waals surface area contributed by atoms with Crippen LogP contribution < -0.4 is 15.5 Å². The zero-order valence-corrected chi connectivity index (χ0v) is 18.4. The number of amides is 2. The Balaban J connectivity index is 1.81. The molecule has 1 saturated carbocycles. The van der Waals surface area contributed by atoms with E-state index in [2.05, 4.69) is 31.5 Å². The highest BCUT2D eigenvalue weighted by Gasteiger charge is 2.26. The number of nitrogens with one attached hydrogen (secondary N) is 2. The number of halogens is 1. The van der Waals surface area contributed by atoms with Crippen molar-refractivity contribution < 1.29 is 19.5 Å². The van der Waals surface area contributed by atoms with Crippen molar-refractivity contribution >= 4 is 61.6 Å². The van der Waals surface area contributed by atoms with Gasteiger partial charge in [0.1, 0.15) is 3.79 Å². The van der Waals surface area contributed by atoms with Crippen LogP contribution in [0.2, 0.25) is 0 Å². The van der Waals surface area contributed by atoms with E-state index in [9.17, 15) is 14.4 Å². The Hall–Kier alpha value is -2.46. The number of urea groups is 1. The van der Waals surface area contributed by atoms with Crippen molar-refractivity contribution in [3.05, 3.63) is 33.2 Å². The molecular formula is C19H21BrN4O4S. The molecular weight excluding hydrogens is 460 g/mol. The molecule has 0 atom stereocenters. The van der Waals surface area contributed by atoms with Crippen LogP contribution in [0.1, 0.15) is 46.5 Å². The third-order valence-electron chi connectivity index (χ3n) is 4.77. The zero-order chi connectivity index (χ0) is 21.1. The average Bonchev–Trinajstić information content (AvgIpc) is 3.31. The van der Waals surface area contributed by atoms with E-state index in [0.717, 1.165) is 42.7 Å². The van der Waals surface area contributed by atoms with Crippen LogP contribution in [0.3, 0.4) is 0 Å². The van der Waals surface area contributed by atoms with Crippen LogP contribution in [0, 0.1) is 5.92 Å². The van der Waals surface area contributed by atoms with Crippen LogP contribution in [-0.2, 0) is 0 Å². The fourth-order valence-corrected chi connectivity index (χ4v) is 4.67. The third kappa shape index (κ3) is 4.94. The summed E-state index contributed by atoms with van der Waals surface area (Å²) in [4.78, 5) is 42.3. The second-order valence-electron chi connectivity index (χ2n) is 7.00. The van der Waals surface area contributed by atoms with E-state index in [0.29, 0.717) is 15.0 Å². The number of benzene rings is 1. The van der Waals surface area contributed by atoms with Crippen molar-refractivity contribution in [1.82, 2.24) is 4.98 Å². The van der Waals surface area contributed by atoms with E-state index < -0.39 is 12.0 Å². The lowest BCUT2D eigenvalue weighted by Crippen LogP contribution is -2.22. The van der Waals surface area contributed by atoms with Gasteiger partial charge in [-0.1, -0.05) is 24.2 Å². The Kier molecular flexibility index (Phi) is 6.53. The molecule has 0 unspecified atom stereocenters. The Bertz CT molecular complexity index is 954. The summed E-state index contributed by atoms with van der Waals surface area (Å²) >= 11 is 4.12. The normalized spacial score (nSPS) is 13.9. The monoisotopic (exact) mass is 480 g/mol. The number of hydrogen-bond donors (Lipinski definition) is 3. The fraction of sp³-hybridized carbons (Fsp3) is 0.368. The molecule has 2 aromatic rings. The van der Waals surface area contributed by atoms with E-state index in [-0.39, 0.29) is 22.5 Å². The Morgan fingerprint density at radius 1 is 1.21 bits per heavy atom. The largest absolute Gasteiger partial charge is 0.476 e. The van der Waals surface area contributed by atoms with Gasteiger partial charge in [-0.15, -0.1) is 0 Å². The van der Waals surface area contributed by atoms with Gasteiger partial charge >= 0.3 is 12.0 Å². The van der Waals surface area contributed by atoms with Crippen LogP contribution in [0.5, 0.6) is 0 Å². The quantitative estimate of drug-likeness (QED) is 0.517. The summed E-state index contributed by atoms with van der Waals surface area (Å²) in [6.45, 7) is 0. The van der Waals surface area contributed by atoms with Crippen molar-refractivity contribution in [3.63, 3.8) is 0 Å². The Morgan fingerprint density at radius 2 is 1.90 bits per heavy atom. The Morgan fingerprint density at radius 3 is 2.48 bits per heavy atom. The molecule has 8 nitrogen and oxygen atoms in total. The molecule has 0 radical (unpaired) electrons. The fourth-order valence-electron chi connectivity index (χ4n) is 3.27. The maximum Gasteiger partial charge on any atom is 0.356 e. The van der Waals surface area contributed by atoms with Crippen molar-refractivity contribution in [3.8, 4) is 0 Å². The number of carbonyl (C=O) groups excluding carboxylic acids is 2. The number of carboxylic acid groups (broad SMARTS) is 1. The first-order valence-corrected chi connectivity index (χ1v) is 10.7. The number of Topliss-reactive ketones (excluding diaryl/α,β-unsaturated/α-hetero) is 1. The lowest BCUT2D eigenvalue weighted by atomic mass is 9.94. The van der Waals surface area contributed by atoms with Crippen LogP contribution in [0.4, 0.5) is 21.3 Å². The summed E-state index contributed by atoms with van der Waals surface area (Å²) in [7, 11) is 3.78. The highest BCUT2D eigenvalue weighted by atomic mass is 79.9. The number of anilines is 3. The zero-order valence-electron chi connectivity index (χ0n) is 16.0. The minimum atomic E-state index is -1.19. The van der Waals surface area contributed by atoms with Gasteiger partial charge in [0.05, 0.1) is 5.69 Å². The third-order valence-corrected chi connectivity index (χ3v) is 6.39. The second-order valence-corrected chi connectivity index (χ2v) is 9.31. The molecule has 29 heavy (non-hydrogen) atoms. The molecule has 154 valence electrons. The van der Waals surface area contributed by atoms with Gasteiger partial charge in [-0.3, -0.25) is 10.1 Å². The van der Waals surface area contributed by atoms with E-state index >= 15 is 0 Å². The first kappa shape index (κ1) is 21.3. The molecule has 3 rings (SSSR count). The molecule has 10 heteroatoms. The number of aromatic carboxylic acids is 1. The molecule has 1 aliphatic carbocycles. The average molecular weight is 481 g/mol. The van der Waals surface area contributed by atoms with Gasteiger partial charge in [-0.05, 0) is 47.0 Å². The first-order chi connectivity index (χ1) is 13.8. The van der Waals surface area contributed by atoms with Crippen molar-refractivity contribution in [2.75, 3.05) is 29.6 Å². The van der Waals surface area contributed by atoms with Crippen molar-refractivity contribution in [2.45, 2.75) is 25.7 Å². The highest BCUT2D eigenvalue weighted by Crippen LogP contribution is 2.33.